The van der Waals surface area contributed by atoms with Crippen LogP contribution in [0.15, 0.2) is 35.8 Å². The third kappa shape index (κ3) is 1.62. The zero-order valence-corrected chi connectivity index (χ0v) is 14.7. The largest absolute Gasteiger partial charge is 0.504 e. The number of nitrogens with zero attached hydrogens (tertiary/aromatic N) is 1. The molecule has 0 aromatic heterocycles. The monoisotopic (exact) mass is 341 g/mol. The van der Waals surface area contributed by atoms with Gasteiger partial charge in [-0.05, 0) is 68.6 Å². The predicted molar refractivity (Wildman–Crippen MR) is 93.7 cm³/mol. The molecular formula is C21H27NO3. The van der Waals surface area contributed by atoms with Crippen molar-refractivity contribution in [1.82, 2.24) is 4.90 Å². The van der Waals surface area contributed by atoms with Gasteiger partial charge in [0.15, 0.2) is 5.76 Å². The zero-order valence-electron chi connectivity index (χ0n) is 14.7. The number of hydrogen-bond acceptors (Lipinski definition) is 4. The van der Waals surface area contributed by atoms with Crippen LogP contribution < -0.4 is 0 Å². The van der Waals surface area contributed by atoms with Crippen molar-refractivity contribution in [1.29, 1.82) is 0 Å². The molecule has 3 saturated carbocycles. The summed E-state index contributed by atoms with van der Waals surface area (Å²) in [7, 11) is 0. The minimum Gasteiger partial charge on any atom is -0.504 e. The van der Waals surface area contributed by atoms with Crippen molar-refractivity contribution in [2.24, 2.45) is 23.2 Å². The summed E-state index contributed by atoms with van der Waals surface area (Å²) in [5.41, 5.74) is 0.0825. The number of hydrogen-bond donors (Lipinski definition) is 2. The summed E-state index contributed by atoms with van der Waals surface area (Å²) >= 11 is 0. The molecule has 6 atom stereocenters. The first-order valence-corrected chi connectivity index (χ1v) is 9.97. The quantitative estimate of drug-likeness (QED) is 0.759. The molecule has 6 aliphatic rings. The van der Waals surface area contributed by atoms with Gasteiger partial charge in [-0.25, -0.2) is 0 Å². The van der Waals surface area contributed by atoms with Crippen molar-refractivity contribution >= 4 is 0 Å². The third-order valence-corrected chi connectivity index (χ3v) is 8.23. The molecule has 0 amide bonds. The Balaban J connectivity index is 1.51. The van der Waals surface area contributed by atoms with E-state index in [2.05, 4.69) is 17.6 Å². The predicted octanol–water partition coefficient (Wildman–Crippen LogP) is 2.91. The number of aliphatic hydroxyl groups excluding tert-OH is 1. The van der Waals surface area contributed by atoms with Crippen LogP contribution in [0.2, 0.25) is 0 Å². The number of allylic oxidation sites excluding steroid dienone is 3. The molecule has 0 aromatic carbocycles. The summed E-state index contributed by atoms with van der Waals surface area (Å²) in [6.45, 7) is 6.48. The van der Waals surface area contributed by atoms with Crippen molar-refractivity contribution in [3.05, 3.63) is 35.8 Å². The van der Waals surface area contributed by atoms with E-state index in [-0.39, 0.29) is 29.2 Å². The van der Waals surface area contributed by atoms with E-state index in [1.165, 1.54) is 12.8 Å². The topological polar surface area (TPSA) is 52.9 Å². The molecule has 0 aromatic rings. The molecule has 25 heavy (non-hydrogen) atoms. The van der Waals surface area contributed by atoms with Crippen LogP contribution in [-0.2, 0) is 4.74 Å². The smallest absolute Gasteiger partial charge is 0.153 e. The Kier molecular flexibility index (Phi) is 2.69. The van der Waals surface area contributed by atoms with Gasteiger partial charge in [0.2, 0.25) is 0 Å². The molecule has 1 spiro atoms. The minimum absolute atomic E-state index is 0.115. The van der Waals surface area contributed by atoms with Crippen molar-refractivity contribution in [3.8, 4) is 0 Å². The van der Waals surface area contributed by atoms with Crippen molar-refractivity contribution in [2.75, 3.05) is 13.1 Å². The Labute approximate surface area is 148 Å². The fourth-order valence-corrected chi connectivity index (χ4v) is 7.00. The first kappa shape index (κ1) is 14.9. The minimum atomic E-state index is -0.722. The SMILES string of the molecule is C=C1CC[C@@]2(O)C3CC4C=CC(O)=C5O[C@@H]1[C@]2(CCN3CC1CC1)C54. The Morgan fingerprint density at radius 2 is 2.16 bits per heavy atom. The molecule has 2 N–H and O–H groups in total. The van der Waals surface area contributed by atoms with E-state index in [1.54, 1.807) is 0 Å². The second-order valence-electron chi connectivity index (χ2n) is 9.31. The Bertz CT molecular complexity index is 723. The lowest BCUT2D eigenvalue weighted by molar-refractivity contribution is -0.240. The molecule has 2 heterocycles. The van der Waals surface area contributed by atoms with Gasteiger partial charge in [0.05, 0.1) is 11.0 Å². The Hall–Kier alpha value is -1.26. The Morgan fingerprint density at radius 3 is 2.96 bits per heavy atom. The normalized spacial score (nSPS) is 50.7. The van der Waals surface area contributed by atoms with Crippen LogP contribution in [0.1, 0.15) is 38.5 Å². The van der Waals surface area contributed by atoms with E-state index < -0.39 is 5.60 Å². The van der Waals surface area contributed by atoms with Gasteiger partial charge in [-0.2, -0.15) is 0 Å². The highest BCUT2D eigenvalue weighted by Gasteiger charge is 2.75. The fraction of sp³-hybridized carbons (Fsp3) is 0.714. The van der Waals surface area contributed by atoms with Crippen LogP contribution in [0.25, 0.3) is 0 Å². The second-order valence-corrected chi connectivity index (χ2v) is 9.31. The first-order valence-electron chi connectivity index (χ1n) is 9.97. The van der Waals surface area contributed by atoms with Gasteiger partial charge in [-0.3, -0.25) is 4.90 Å². The number of piperidine rings is 1. The lowest BCUT2D eigenvalue weighted by atomic mass is 9.44. The summed E-state index contributed by atoms with van der Waals surface area (Å²) < 4.78 is 6.35. The van der Waals surface area contributed by atoms with E-state index in [0.717, 1.165) is 56.0 Å². The highest BCUT2D eigenvalue weighted by Crippen LogP contribution is 2.70. The second kappa shape index (κ2) is 4.52. The van der Waals surface area contributed by atoms with Crippen LogP contribution in [-0.4, -0.2) is 45.9 Å². The summed E-state index contributed by atoms with van der Waals surface area (Å²) in [4.78, 5) is 2.59. The van der Waals surface area contributed by atoms with Crippen molar-refractivity contribution < 1.29 is 14.9 Å². The molecule has 4 nitrogen and oxygen atoms in total. The highest BCUT2D eigenvalue weighted by atomic mass is 16.5. The molecule has 2 saturated heterocycles. The maximum atomic E-state index is 12.1. The van der Waals surface area contributed by atoms with Gasteiger partial charge in [0.25, 0.3) is 0 Å². The Morgan fingerprint density at radius 1 is 1.32 bits per heavy atom. The zero-order chi connectivity index (χ0) is 17.0. The molecule has 5 fully saturated rings. The van der Waals surface area contributed by atoms with Gasteiger partial charge in [0.1, 0.15) is 11.9 Å². The van der Waals surface area contributed by atoms with E-state index in [9.17, 15) is 10.2 Å². The van der Waals surface area contributed by atoms with E-state index in [4.69, 9.17) is 4.74 Å². The van der Waals surface area contributed by atoms with Crippen LogP contribution in [0.5, 0.6) is 0 Å². The fourth-order valence-electron chi connectivity index (χ4n) is 7.00. The summed E-state index contributed by atoms with van der Waals surface area (Å²) in [6, 6.07) is 0.214. The molecule has 2 bridgehead atoms. The van der Waals surface area contributed by atoms with Gasteiger partial charge in [-0.15, -0.1) is 0 Å². The number of ether oxygens (including phenoxy) is 1. The van der Waals surface area contributed by atoms with E-state index in [1.807, 2.05) is 6.08 Å². The number of likely N-dealkylation sites (tertiary alicyclic amines) is 1. The number of aliphatic hydroxyl groups is 2. The summed E-state index contributed by atoms with van der Waals surface area (Å²) in [5, 5.41) is 22.6. The van der Waals surface area contributed by atoms with Gasteiger partial charge in [0, 0.05) is 18.5 Å². The average molecular weight is 341 g/mol. The van der Waals surface area contributed by atoms with Crippen LogP contribution in [0, 0.1) is 23.2 Å². The van der Waals surface area contributed by atoms with Crippen LogP contribution in [0.3, 0.4) is 0 Å². The molecule has 0 radical (unpaired) electrons. The summed E-state index contributed by atoms with van der Waals surface area (Å²) in [6.07, 6.45) is 10.1. The van der Waals surface area contributed by atoms with E-state index in [0.29, 0.717) is 5.92 Å². The first-order chi connectivity index (χ1) is 12.0. The maximum absolute atomic E-state index is 12.1. The molecule has 4 aliphatic carbocycles. The standard InChI is InChI=1S/C21H27NO3/c1-12-6-7-21(24)16-10-14-4-5-15(23)18-17(14)20(21,19(12)25-18)8-9-22(16)11-13-2-3-13/h4-5,13-14,16-17,19,23-24H,1-3,6-11H2/t14?,16?,17?,19-,20-,21+/m0/s1. The molecular weight excluding hydrogens is 314 g/mol. The van der Waals surface area contributed by atoms with Crippen LogP contribution >= 0.6 is 0 Å². The lowest BCUT2D eigenvalue weighted by Gasteiger charge is -2.66. The van der Waals surface area contributed by atoms with Gasteiger partial charge in [-0.1, -0.05) is 12.7 Å². The third-order valence-electron chi connectivity index (χ3n) is 8.23. The van der Waals surface area contributed by atoms with Crippen molar-refractivity contribution in [2.45, 2.75) is 56.3 Å². The lowest BCUT2D eigenvalue weighted by Crippen LogP contribution is -2.75. The summed E-state index contributed by atoms with van der Waals surface area (Å²) in [5.74, 6) is 2.30. The molecule has 3 unspecified atom stereocenters. The molecule has 134 valence electrons. The molecule has 4 heteroatoms. The number of rotatable bonds is 2. The molecule has 2 aliphatic heterocycles. The van der Waals surface area contributed by atoms with Gasteiger partial charge < -0.3 is 14.9 Å². The van der Waals surface area contributed by atoms with Crippen molar-refractivity contribution in [3.63, 3.8) is 0 Å². The van der Waals surface area contributed by atoms with Crippen LogP contribution in [0.4, 0.5) is 0 Å². The maximum Gasteiger partial charge on any atom is 0.153 e. The average Bonchev–Trinajstić information content (AvgIpc) is 3.32. The van der Waals surface area contributed by atoms with Gasteiger partial charge >= 0.3 is 0 Å². The molecule has 6 rings (SSSR count). The highest BCUT2D eigenvalue weighted by molar-refractivity contribution is 5.41. The van der Waals surface area contributed by atoms with E-state index >= 15 is 0 Å².